The van der Waals surface area contributed by atoms with Gasteiger partial charge in [-0.15, -0.1) is 6.42 Å². The molecule has 4 aromatic rings. The first-order chi connectivity index (χ1) is 19.3. The van der Waals surface area contributed by atoms with E-state index in [0.29, 0.717) is 24.1 Å². The SMILES string of the molecule is C#C[C@@]1(O)[C@@H](COC(Cc2ccccc2)C(=O)O)O[C@@H](n2cnc3c(CCc4ccncc4)nc(Cl)nc32)[C@@H]1O. The van der Waals surface area contributed by atoms with Gasteiger partial charge in [-0.2, -0.15) is 4.98 Å². The lowest BCUT2D eigenvalue weighted by Gasteiger charge is -2.26. The maximum Gasteiger partial charge on any atom is 0.333 e. The average Bonchev–Trinajstić information content (AvgIpc) is 3.49. The van der Waals surface area contributed by atoms with Gasteiger partial charge in [-0.1, -0.05) is 36.3 Å². The number of aromatic nitrogens is 5. The molecule has 5 atom stereocenters. The molecule has 1 fully saturated rings. The lowest BCUT2D eigenvalue weighted by atomic mass is 9.93. The number of hydrogen-bond donors (Lipinski definition) is 3. The van der Waals surface area contributed by atoms with Gasteiger partial charge in [0, 0.05) is 18.8 Å². The van der Waals surface area contributed by atoms with E-state index in [0.717, 1.165) is 11.1 Å². The fourth-order valence-electron chi connectivity index (χ4n) is 4.68. The quantitative estimate of drug-likeness (QED) is 0.193. The maximum atomic E-state index is 11.8. The molecule has 0 spiro atoms. The first-order valence-corrected chi connectivity index (χ1v) is 12.9. The van der Waals surface area contributed by atoms with E-state index in [1.165, 1.54) is 10.9 Å². The van der Waals surface area contributed by atoms with E-state index in [2.05, 4.69) is 25.9 Å². The van der Waals surface area contributed by atoms with E-state index in [1.54, 1.807) is 36.7 Å². The molecular weight excluding hydrogens is 538 g/mol. The molecule has 0 saturated carbocycles. The van der Waals surface area contributed by atoms with Crippen molar-refractivity contribution in [1.82, 2.24) is 24.5 Å². The van der Waals surface area contributed by atoms with Crippen LogP contribution in [0, 0.1) is 12.3 Å². The summed E-state index contributed by atoms with van der Waals surface area (Å²) < 4.78 is 13.0. The summed E-state index contributed by atoms with van der Waals surface area (Å²) in [5.74, 6) is 1.01. The number of aliphatic carboxylic acids is 1. The number of aryl methyl sites for hydroxylation is 2. The van der Waals surface area contributed by atoms with Crippen molar-refractivity contribution in [2.75, 3.05) is 6.61 Å². The third-order valence-corrected chi connectivity index (χ3v) is 7.04. The van der Waals surface area contributed by atoms with Crippen LogP contribution in [0.3, 0.4) is 0 Å². The highest BCUT2D eigenvalue weighted by molar-refractivity contribution is 6.28. The highest BCUT2D eigenvalue weighted by atomic mass is 35.5. The van der Waals surface area contributed by atoms with Gasteiger partial charge in [-0.25, -0.2) is 14.8 Å². The van der Waals surface area contributed by atoms with Gasteiger partial charge in [0.1, 0.15) is 17.7 Å². The second-order valence-electron chi connectivity index (χ2n) is 9.40. The van der Waals surface area contributed by atoms with Gasteiger partial charge in [0.15, 0.2) is 23.6 Å². The maximum absolute atomic E-state index is 11.8. The molecule has 206 valence electrons. The second kappa shape index (κ2) is 11.7. The zero-order valence-electron chi connectivity index (χ0n) is 21.2. The largest absolute Gasteiger partial charge is 0.479 e. The van der Waals surface area contributed by atoms with Crippen LogP contribution in [0.4, 0.5) is 0 Å². The van der Waals surface area contributed by atoms with E-state index >= 15 is 0 Å². The Morgan fingerprint density at radius 1 is 1.18 bits per heavy atom. The first kappa shape index (κ1) is 27.6. The summed E-state index contributed by atoms with van der Waals surface area (Å²) in [6.45, 7) is -0.391. The lowest BCUT2D eigenvalue weighted by molar-refractivity contribution is -0.156. The molecule has 0 bridgehead atoms. The number of nitrogens with zero attached hydrogens (tertiary/aromatic N) is 5. The summed E-state index contributed by atoms with van der Waals surface area (Å²) >= 11 is 6.24. The molecule has 1 aliphatic heterocycles. The number of benzene rings is 1. The van der Waals surface area contributed by atoms with Gasteiger partial charge in [-0.05, 0) is 47.7 Å². The molecule has 1 aromatic carbocycles. The first-order valence-electron chi connectivity index (χ1n) is 12.5. The predicted molar refractivity (Wildman–Crippen MR) is 143 cm³/mol. The van der Waals surface area contributed by atoms with E-state index < -0.39 is 42.7 Å². The molecule has 5 rings (SSSR count). The molecule has 1 saturated heterocycles. The number of rotatable bonds is 10. The van der Waals surface area contributed by atoms with Gasteiger partial charge in [0.05, 0.1) is 18.6 Å². The highest BCUT2D eigenvalue weighted by Crippen LogP contribution is 2.39. The topological polar surface area (TPSA) is 153 Å². The molecule has 3 aromatic heterocycles. The van der Waals surface area contributed by atoms with Crippen molar-refractivity contribution in [3.8, 4) is 12.3 Å². The van der Waals surface area contributed by atoms with Crippen LogP contribution in [0.1, 0.15) is 23.0 Å². The molecule has 0 radical (unpaired) electrons. The van der Waals surface area contributed by atoms with Crippen molar-refractivity contribution in [3.05, 3.63) is 83.3 Å². The second-order valence-corrected chi connectivity index (χ2v) is 9.74. The number of terminal acetylenes is 1. The number of imidazole rings is 1. The number of carboxylic acid groups (broad SMARTS) is 1. The Labute approximate surface area is 234 Å². The van der Waals surface area contributed by atoms with Crippen molar-refractivity contribution in [2.45, 2.75) is 49.4 Å². The van der Waals surface area contributed by atoms with E-state index in [-0.39, 0.29) is 17.4 Å². The fourth-order valence-corrected chi connectivity index (χ4v) is 4.87. The number of carboxylic acids is 1. The molecule has 4 heterocycles. The minimum atomic E-state index is -2.18. The average molecular weight is 564 g/mol. The Morgan fingerprint density at radius 2 is 1.93 bits per heavy atom. The van der Waals surface area contributed by atoms with Crippen LogP contribution in [0.15, 0.2) is 61.2 Å². The van der Waals surface area contributed by atoms with Gasteiger partial charge in [0.25, 0.3) is 0 Å². The van der Waals surface area contributed by atoms with Crippen LogP contribution in [-0.4, -0.2) is 76.3 Å². The van der Waals surface area contributed by atoms with Crippen molar-refractivity contribution in [3.63, 3.8) is 0 Å². The van der Waals surface area contributed by atoms with Crippen molar-refractivity contribution < 1.29 is 29.6 Å². The molecule has 12 heteroatoms. The summed E-state index contributed by atoms with van der Waals surface area (Å²) in [7, 11) is 0. The van der Waals surface area contributed by atoms with Crippen molar-refractivity contribution in [1.29, 1.82) is 0 Å². The number of ether oxygens (including phenoxy) is 2. The number of carbonyl (C=O) groups is 1. The Bertz CT molecular complexity index is 1530. The summed E-state index contributed by atoms with van der Waals surface area (Å²) in [5.41, 5.74) is 0.955. The molecule has 1 aliphatic rings. The van der Waals surface area contributed by atoms with E-state index in [1.807, 2.05) is 18.2 Å². The van der Waals surface area contributed by atoms with Gasteiger partial charge < -0.3 is 24.8 Å². The molecule has 1 unspecified atom stereocenters. The van der Waals surface area contributed by atoms with Gasteiger partial charge in [0.2, 0.25) is 5.28 Å². The third-order valence-electron chi connectivity index (χ3n) is 6.88. The predicted octanol–water partition coefficient (Wildman–Crippen LogP) is 1.99. The van der Waals surface area contributed by atoms with Crippen LogP contribution in [0.2, 0.25) is 5.28 Å². The van der Waals surface area contributed by atoms with E-state index in [9.17, 15) is 20.1 Å². The molecule has 11 nitrogen and oxygen atoms in total. The number of aliphatic hydroxyl groups is 2. The van der Waals surface area contributed by atoms with Crippen LogP contribution < -0.4 is 0 Å². The monoisotopic (exact) mass is 563 g/mol. The number of aliphatic hydroxyl groups excluding tert-OH is 1. The lowest BCUT2D eigenvalue weighted by Crippen LogP contribution is -2.48. The Morgan fingerprint density at radius 3 is 2.62 bits per heavy atom. The molecule has 40 heavy (non-hydrogen) atoms. The summed E-state index contributed by atoms with van der Waals surface area (Å²) in [5, 5.41) is 31.9. The van der Waals surface area contributed by atoms with Gasteiger partial charge >= 0.3 is 5.97 Å². The molecular formula is C28H26ClN5O6. The summed E-state index contributed by atoms with van der Waals surface area (Å²) in [4.78, 5) is 28.9. The standard InChI is InChI=1S/C28H26ClN5O6/c1-2-28(38)21(15-39-20(26(36)37)14-18-6-4-3-5-7-18)40-25(23(28)35)34-16-31-22-19(32-27(29)33-24(22)34)9-8-17-10-12-30-13-11-17/h1,3-7,10-13,16,20-21,23,25,35,38H,8-9,14-15H2,(H,36,37)/t20?,21-,23+,25-,28-/m1/s1. The smallest absolute Gasteiger partial charge is 0.333 e. The number of hydrogen-bond acceptors (Lipinski definition) is 9. The fraction of sp³-hybridized carbons (Fsp3) is 0.321. The zero-order valence-corrected chi connectivity index (χ0v) is 21.9. The minimum Gasteiger partial charge on any atom is -0.479 e. The van der Waals surface area contributed by atoms with Crippen LogP contribution in [-0.2, 0) is 33.5 Å². The molecule has 0 amide bonds. The Balaban J connectivity index is 1.37. The minimum absolute atomic E-state index is 0.0243. The van der Waals surface area contributed by atoms with Crippen LogP contribution in [0.5, 0.6) is 0 Å². The number of pyridine rings is 1. The Hall–Kier alpha value is -3.92. The van der Waals surface area contributed by atoms with E-state index in [4.69, 9.17) is 27.5 Å². The number of halogens is 1. The van der Waals surface area contributed by atoms with Crippen molar-refractivity contribution >= 4 is 28.7 Å². The van der Waals surface area contributed by atoms with Crippen LogP contribution in [0.25, 0.3) is 11.2 Å². The summed E-state index contributed by atoms with van der Waals surface area (Å²) in [6, 6.07) is 12.8. The van der Waals surface area contributed by atoms with Crippen LogP contribution >= 0.6 is 11.6 Å². The number of fused-ring (bicyclic) bond motifs is 1. The van der Waals surface area contributed by atoms with Crippen molar-refractivity contribution in [2.24, 2.45) is 0 Å². The normalized spacial score (nSPS) is 23.2. The summed E-state index contributed by atoms with van der Waals surface area (Å²) in [6.07, 6.45) is 6.38. The highest BCUT2D eigenvalue weighted by Gasteiger charge is 2.56. The molecule has 0 aliphatic carbocycles. The molecule has 3 N–H and O–H groups in total. The Kier molecular flexibility index (Phi) is 8.07. The van der Waals surface area contributed by atoms with Gasteiger partial charge in [-0.3, -0.25) is 9.55 Å². The third kappa shape index (κ3) is 5.54. The zero-order chi connectivity index (χ0) is 28.3.